The van der Waals surface area contributed by atoms with Crippen LogP contribution in [0.4, 0.5) is 4.79 Å². The summed E-state index contributed by atoms with van der Waals surface area (Å²) in [5.41, 5.74) is 1.43. The normalized spacial score (nSPS) is 20.6. The van der Waals surface area contributed by atoms with Gasteiger partial charge in [0.25, 0.3) is 0 Å². The van der Waals surface area contributed by atoms with E-state index in [9.17, 15) is 24.0 Å². The van der Waals surface area contributed by atoms with Crippen LogP contribution in [0.5, 0.6) is 0 Å². The fraction of sp³-hybridized carbons (Fsp3) is 0.417. The number of nitrogens with zero attached hydrogens (tertiary/aromatic N) is 3. The Labute approximate surface area is 207 Å². The highest BCUT2D eigenvalue weighted by molar-refractivity contribution is 6.03. The van der Waals surface area contributed by atoms with Crippen LogP contribution in [0.2, 0.25) is 0 Å². The third kappa shape index (κ3) is 5.70. The molecule has 0 saturated carbocycles. The van der Waals surface area contributed by atoms with Crippen molar-refractivity contribution in [2.24, 2.45) is 0 Å². The van der Waals surface area contributed by atoms with E-state index in [2.05, 4.69) is 20.6 Å². The molecule has 4 rings (SSSR count). The summed E-state index contributed by atoms with van der Waals surface area (Å²) in [5, 5.41) is 5.12. The van der Waals surface area contributed by atoms with E-state index in [0.717, 1.165) is 10.5 Å². The molecule has 0 bridgehead atoms. The molecule has 2 aromatic rings. The van der Waals surface area contributed by atoms with Crippen LogP contribution >= 0.6 is 0 Å². The fourth-order valence-corrected chi connectivity index (χ4v) is 4.27. The molecule has 12 nitrogen and oxygen atoms in total. The third-order valence-corrected chi connectivity index (χ3v) is 6.30. The number of carbonyl (C=O) groups is 5. The molecule has 0 radical (unpaired) electrons. The van der Waals surface area contributed by atoms with Crippen molar-refractivity contribution in [3.05, 3.63) is 54.1 Å². The van der Waals surface area contributed by atoms with Crippen molar-refractivity contribution in [2.75, 3.05) is 13.6 Å². The van der Waals surface area contributed by atoms with E-state index in [1.807, 2.05) is 30.3 Å². The number of imidazole rings is 1. The van der Waals surface area contributed by atoms with Gasteiger partial charge in [-0.1, -0.05) is 30.3 Å². The Morgan fingerprint density at radius 1 is 1.22 bits per heavy atom. The molecule has 0 spiro atoms. The van der Waals surface area contributed by atoms with E-state index < -0.39 is 47.8 Å². The van der Waals surface area contributed by atoms with Gasteiger partial charge in [-0.15, -0.1) is 0 Å². The average Bonchev–Trinajstić information content (AvgIpc) is 3.57. The quantitative estimate of drug-likeness (QED) is 0.438. The topological polar surface area (TPSA) is 154 Å². The minimum absolute atomic E-state index is 0.0847. The van der Waals surface area contributed by atoms with Gasteiger partial charge in [0.1, 0.15) is 24.7 Å². The minimum Gasteiger partial charge on any atom is -0.459 e. The molecular weight excluding hydrogens is 468 g/mol. The first kappa shape index (κ1) is 24.9. The monoisotopic (exact) mass is 496 g/mol. The zero-order chi connectivity index (χ0) is 25.7. The van der Waals surface area contributed by atoms with Gasteiger partial charge in [0.05, 0.1) is 12.7 Å². The van der Waals surface area contributed by atoms with E-state index in [0.29, 0.717) is 25.1 Å². The van der Waals surface area contributed by atoms with Gasteiger partial charge in [-0.3, -0.25) is 19.3 Å². The van der Waals surface area contributed by atoms with E-state index in [4.69, 9.17) is 4.74 Å². The van der Waals surface area contributed by atoms with E-state index in [1.165, 1.54) is 24.5 Å². The Hall–Kier alpha value is -4.22. The van der Waals surface area contributed by atoms with Crippen LogP contribution in [-0.2, 0) is 36.9 Å². The number of aromatic amines is 1. The number of likely N-dealkylation sites (tertiary alicyclic amines) is 1. The van der Waals surface area contributed by atoms with Gasteiger partial charge in [0, 0.05) is 31.9 Å². The summed E-state index contributed by atoms with van der Waals surface area (Å²) in [5.74, 6) is -2.13. The highest BCUT2D eigenvalue weighted by Crippen LogP contribution is 2.21. The van der Waals surface area contributed by atoms with Crippen molar-refractivity contribution in [1.29, 1.82) is 0 Å². The summed E-state index contributed by atoms with van der Waals surface area (Å²) in [6, 6.07) is 5.62. The molecule has 2 aliphatic rings. The second-order valence-electron chi connectivity index (χ2n) is 8.78. The second-order valence-corrected chi connectivity index (χ2v) is 8.78. The van der Waals surface area contributed by atoms with Gasteiger partial charge in [-0.05, 0) is 18.4 Å². The Morgan fingerprint density at radius 3 is 2.69 bits per heavy atom. The van der Waals surface area contributed by atoms with Crippen LogP contribution in [0, 0.1) is 0 Å². The van der Waals surface area contributed by atoms with Crippen LogP contribution in [-0.4, -0.2) is 81.2 Å². The highest BCUT2D eigenvalue weighted by atomic mass is 16.5. The van der Waals surface area contributed by atoms with E-state index >= 15 is 0 Å². The number of ether oxygens (including phenoxy) is 1. The minimum atomic E-state index is -1.11. The summed E-state index contributed by atoms with van der Waals surface area (Å²) >= 11 is 0. The predicted molar refractivity (Wildman–Crippen MR) is 125 cm³/mol. The summed E-state index contributed by atoms with van der Waals surface area (Å²) in [6.45, 7) is 0.430. The average molecular weight is 497 g/mol. The molecule has 190 valence electrons. The van der Waals surface area contributed by atoms with E-state index in [1.54, 1.807) is 0 Å². The number of aromatic nitrogens is 2. The fourth-order valence-electron chi connectivity index (χ4n) is 4.27. The number of nitrogens with one attached hydrogen (secondary N) is 3. The summed E-state index contributed by atoms with van der Waals surface area (Å²) in [4.78, 5) is 72.5. The van der Waals surface area contributed by atoms with Crippen LogP contribution in [0.1, 0.15) is 30.5 Å². The Kier molecular flexibility index (Phi) is 7.62. The number of urea groups is 1. The van der Waals surface area contributed by atoms with E-state index in [-0.39, 0.29) is 19.4 Å². The number of H-pyrrole nitrogens is 1. The Morgan fingerprint density at radius 2 is 2.00 bits per heavy atom. The van der Waals surface area contributed by atoms with Crippen molar-refractivity contribution in [2.45, 2.75) is 50.4 Å². The summed E-state index contributed by atoms with van der Waals surface area (Å²) in [6.07, 6.45) is 3.90. The maximum absolute atomic E-state index is 13.6. The summed E-state index contributed by atoms with van der Waals surface area (Å²) in [7, 11) is 1.32. The number of benzene rings is 1. The molecule has 3 heterocycles. The molecule has 5 amide bonds. The maximum Gasteiger partial charge on any atom is 0.329 e. The number of amides is 5. The predicted octanol–water partition coefficient (Wildman–Crippen LogP) is 0.112. The number of rotatable bonds is 8. The molecular formula is C24H28N6O6. The van der Waals surface area contributed by atoms with Crippen LogP contribution in [0.25, 0.3) is 0 Å². The molecule has 2 saturated heterocycles. The smallest absolute Gasteiger partial charge is 0.329 e. The van der Waals surface area contributed by atoms with Crippen LogP contribution < -0.4 is 10.6 Å². The molecule has 1 aromatic carbocycles. The molecule has 12 heteroatoms. The van der Waals surface area contributed by atoms with Gasteiger partial charge < -0.3 is 25.3 Å². The Balaban J connectivity index is 1.45. The van der Waals surface area contributed by atoms with Crippen molar-refractivity contribution in [3.63, 3.8) is 0 Å². The Bertz CT molecular complexity index is 1100. The van der Waals surface area contributed by atoms with Crippen LogP contribution in [0.15, 0.2) is 42.9 Å². The van der Waals surface area contributed by atoms with Crippen molar-refractivity contribution in [3.8, 4) is 0 Å². The molecule has 2 aliphatic heterocycles. The molecule has 36 heavy (non-hydrogen) atoms. The molecule has 0 aliphatic carbocycles. The first-order chi connectivity index (χ1) is 17.3. The zero-order valence-corrected chi connectivity index (χ0v) is 19.8. The number of imide groups is 1. The van der Waals surface area contributed by atoms with Crippen molar-refractivity contribution >= 4 is 29.7 Å². The largest absolute Gasteiger partial charge is 0.459 e. The number of esters is 1. The van der Waals surface area contributed by atoms with Crippen LogP contribution in [0.3, 0.4) is 0 Å². The van der Waals surface area contributed by atoms with Gasteiger partial charge in [-0.25, -0.2) is 14.6 Å². The lowest BCUT2D eigenvalue weighted by molar-refractivity contribution is -0.155. The molecule has 1 aromatic heterocycles. The summed E-state index contributed by atoms with van der Waals surface area (Å²) < 4.78 is 5.46. The maximum atomic E-state index is 13.6. The van der Waals surface area contributed by atoms with Gasteiger partial charge in [0.2, 0.25) is 17.7 Å². The number of carbonyl (C=O) groups excluding carboxylic acids is 5. The molecule has 0 unspecified atom stereocenters. The lowest BCUT2D eigenvalue weighted by Gasteiger charge is -2.31. The lowest BCUT2D eigenvalue weighted by atomic mass is 10.1. The first-order valence-electron chi connectivity index (χ1n) is 11.7. The highest BCUT2D eigenvalue weighted by Gasteiger charge is 2.40. The first-order valence-corrected chi connectivity index (χ1v) is 11.7. The van der Waals surface area contributed by atoms with Gasteiger partial charge in [-0.2, -0.15) is 0 Å². The zero-order valence-electron chi connectivity index (χ0n) is 19.8. The number of hydrogen-bond acceptors (Lipinski definition) is 7. The van der Waals surface area contributed by atoms with Crippen molar-refractivity contribution < 1.29 is 28.7 Å². The SMILES string of the molecule is CN1C(=O)C[C@@H](C(=O)N[C@H](Cc2cnc[nH]2)C(=O)N2CCC[C@@H]2C(=O)OCc2ccccc2)NC1=O. The molecule has 3 atom stereocenters. The third-order valence-electron chi connectivity index (χ3n) is 6.30. The van der Waals surface area contributed by atoms with Gasteiger partial charge in [0.15, 0.2) is 0 Å². The number of hydrogen-bond donors (Lipinski definition) is 3. The second kappa shape index (κ2) is 11.0. The lowest BCUT2D eigenvalue weighted by Crippen LogP contribution is -2.61. The standard InChI is InChI=1S/C24H28N6O6/c1-29-20(31)11-17(28-24(29)35)21(32)27-18(10-16-12-25-14-26-16)22(33)30-9-5-8-19(30)23(34)36-13-15-6-3-2-4-7-15/h2-4,6-7,12,14,17-19H,5,8-11,13H2,1H3,(H,25,26)(H,27,32)(H,28,35)/t17-,18+,19+/m0/s1. The van der Waals surface area contributed by atoms with Crippen molar-refractivity contribution in [1.82, 2.24) is 30.4 Å². The van der Waals surface area contributed by atoms with Gasteiger partial charge >= 0.3 is 12.0 Å². The molecule has 3 N–H and O–H groups in total. The molecule has 2 fully saturated rings.